The molecule has 2 aliphatic rings. The molecule has 1 aromatic heterocycles. The van der Waals surface area contributed by atoms with Gasteiger partial charge in [0.15, 0.2) is 5.69 Å². The van der Waals surface area contributed by atoms with Crippen molar-refractivity contribution in [2.24, 2.45) is 0 Å². The minimum atomic E-state index is -0.521. The molecular formula is C25H29ClN4O4. The lowest BCUT2D eigenvalue weighted by molar-refractivity contribution is -0.0413. The largest absolute Gasteiger partial charge is 0.474 e. The Bertz CT molecular complexity index is 1100. The van der Waals surface area contributed by atoms with Crippen LogP contribution in [0.3, 0.4) is 0 Å². The molecule has 3 heterocycles. The first-order valence-corrected chi connectivity index (χ1v) is 11.9. The minimum Gasteiger partial charge on any atom is -0.474 e. The van der Waals surface area contributed by atoms with E-state index in [-0.39, 0.29) is 24.3 Å². The van der Waals surface area contributed by atoms with Crippen molar-refractivity contribution < 1.29 is 19.0 Å². The quantitative estimate of drug-likeness (QED) is 0.462. The van der Waals surface area contributed by atoms with Gasteiger partial charge in [0.1, 0.15) is 23.8 Å². The molecule has 2 unspecified atom stereocenters. The predicted octanol–water partition coefficient (Wildman–Crippen LogP) is 6.48. The maximum atomic E-state index is 12.8. The highest BCUT2D eigenvalue weighted by molar-refractivity contribution is 6.32. The van der Waals surface area contributed by atoms with Gasteiger partial charge < -0.3 is 19.1 Å². The second kappa shape index (κ2) is 9.67. The first kappa shape index (κ1) is 24.1. The summed E-state index contributed by atoms with van der Waals surface area (Å²) < 4.78 is 17.9. The summed E-state index contributed by atoms with van der Waals surface area (Å²) in [6.45, 7) is 14.6. The van der Waals surface area contributed by atoms with E-state index < -0.39 is 5.60 Å². The number of rotatable bonds is 4. The number of amides is 1. The second-order valence-corrected chi connectivity index (χ2v) is 10.2. The number of piperidine rings is 2. The van der Waals surface area contributed by atoms with E-state index in [0.717, 1.165) is 32.1 Å². The van der Waals surface area contributed by atoms with Crippen LogP contribution in [0.5, 0.6) is 17.5 Å². The summed E-state index contributed by atoms with van der Waals surface area (Å²) in [5, 5.41) is 0.330. The molecule has 2 atom stereocenters. The molecule has 0 aliphatic carbocycles. The van der Waals surface area contributed by atoms with Crippen LogP contribution in [0, 0.1) is 13.5 Å². The molecule has 0 N–H and O–H groups in total. The Morgan fingerprint density at radius 1 is 1.18 bits per heavy atom. The van der Waals surface area contributed by atoms with Crippen molar-refractivity contribution in [3.8, 4) is 17.5 Å². The maximum Gasteiger partial charge on any atom is 0.410 e. The molecule has 2 aromatic rings. The number of halogens is 1. The van der Waals surface area contributed by atoms with Crippen molar-refractivity contribution in [3.05, 3.63) is 46.5 Å². The maximum absolute atomic E-state index is 12.8. The van der Waals surface area contributed by atoms with Gasteiger partial charge in [0.25, 0.3) is 0 Å². The van der Waals surface area contributed by atoms with E-state index in [1.807, 2.05) is 32.6 Å². The summed E-state index contributed by atoms with van der Waals surface area (Å²) in [4.78, 5) is 26.7. The van der Waals surface area contributed by atoms with Crippen molar-refractivity contribution in [1.29, 1.82) is 0 Å². The van der Waals surface area contributed by atoms with E-state index in [9.17, 15) is 4.79 Å². The Kier molecular flexibility index (Phi) is 6.85. The summed E-state index contributed by atoms with van der Waals surface area (Å²) in [5.41, 5.74) is 0.573. The van der Waals surface area contributed by atoms with E-state index in [4.69, 9.17) is 32.4 Å². The number of carbonyl (C=O) groups is 1. The minimum absolute atomic E-state index is 0.0722. The van der Waals surface area contributed by atoms with Gasteiger partial charge in [0, 0.05) is 24.9 Å². The van der Waals surface area contributed by atoms with Crippen molar-refractivity contribution in [2.45, 2.75) is 83.6 Å². The number of carbonyl (C=O) groups excluding carboxylic acids is 1. The van der Waals surface area contributed by atoms with Gasteiger partial charge in [-0.15, -0.1) is 0 Å². The molecule has 1 aromatic carbocycles. The van der Waals surface area contributed by atoms with Gasteiger partial charge >= 0.3 is 6.09 Å². The number of nitrogens with zero attached hydrogens (tertiary/aromatic N) is 4. The van der Waals surface area contributed by atoms with Crippen LogP contribution in [-0.2, 0) is 4.74 Å². The van der Waals surface area contributed by atoms with Crippen molar-refractivity contribution in [3.63, 3.8) is 0 Å². The van der Waals surface area contributed by atoms with E-state index in [0.29, 0.717) is 33.8 Å². The molecule has 8 nitrogen and oxygen atoms in total. The number of benzene rings is 1. The predicted molar refractivity (Wildman–Crippen MR) is 128 cm³/mol. The SMILES string of the molecule is [C-]#[N+]c1ccc(Oc2ncnc(OC3CC4CCCC(C3)N4C(=O)OC(C)(C)C)c2C)c(Cl)c1. The van der Waals surface area contributed by atoms with Gasteiger partial charge in [-0.25, -0.2) is 19.6 Å². The topological polar surface area (TPSA) is 78.1 Å². The average molecular weight is 485 g/mol. The van der Waals surface area contributed by atoms with Gasteiger partial charge in [-0.3, -0.25) is 0 Å². The van der Waals surface area contributed by atoms with Gasteiger partial charge in [-0.2, -0.15) is 0 Å². The lowest BCUT2D eigenvalue weighted by Gasteiger charge is -2.48. The van der Waals surface area contributed by atoms with Crippen molar-refractivity contribution in [2.75, 3.05) is 0 Å². The number of hydrogen-bond acceptors (Lipinski definition) is 6. The third-order valence-corrected chi connectivity index (χ3v) is 6.35. The molecule has 0 spiro atoms. The average Bonchev–Trinajstić information content (AvgIpc) is 2.76. The number of hydrogen-bond donors (Lipinski definition) is 0. The van der Waals surface area contributed by atoms with E-state index in [1.54, 1.807) is 18.2 Å². The third-order valence-electron chi connectivity index (χ3n) is 6.06. The normalized spacial score (nSPS) is 22.0. The van der Waals surface area contributed by atoms with Crippen LogP contribution >= 0.6 is 11.6 Å². The fraction of sp³-hybridized carbons (Fsp3) is 0.520. The first-order valence-electron chi connectivity index (χ1n) is 11.5. The fourth-order valence-corrected chi connectivity index (χ4v) is 4.80. The molecule has 1 amide bonds. The Morgan fingerprint density at radius 3 is 2.47 bits per heavy atom. The lowest BCUT2D eigenvalue weighted by atomic mass is 9.83. The Morgan fingerprint density at radius 2 is 1.85 bits per heavy atom. The summed E-state index contributed by atoms with van der Waals surface area (Å²) in [6.07, 6.45) is 5.50. The second-order valence-electron chi connectivity index (χ2n) is 9.77. The highest BCUT2D eigenvalue weighted by Gasteiger charge is 2.43. The monoisotopic (exact) mass is 484 g/mol. The number of fused-ring (bicyclic) bond motifs is 2. The molecule has 0 radical (unpaired) electrons. The third kappa shape index (κ3) is 5.36. The van der Waals surface area contributed by atoms with Gasteiger partial charge in [0.05, 0.1) is 17.2 Å². The number of aromatic nitrogens is 2. The van der Waals surface area contributed by atoms with Crippen LogP contribution in [0.4, 0.5) is 10.5 Å². The molecule has 2 bridgehead atoms. The molecule has 34 heavy (non-hydrogen) atoms. The lowest BCUT2D eigenvalue weighted by Crippen LogP contribution is -2.57. The fourth-order valence-electron chi connectivity index (χ4n) is 4.59. The molecule has 4 rings (SSSR count). The standard InChI is InChI=1S/C25H29ClN4O4/c1-15-22(28-14-29-23(15)33-21-10-9-16(27-5)11-20(21)26)32-19-12-17-7-6-8-18(13-19)30(17)24(31)34-25(2,3)4/h9-11,14,17-19H,6-8,12-13H2,1-4H3. The Hall–Kier alpha value is -3.05. The van der Waals surface area contributed by atoms with Crippen molar-refractivity contribution >= 4 is 23.4 Å². The van der Waals surface area contributed by atoms with Crippen LogP contribution in [0.25, 0.3) is 4.85 Å². The molecule has 9 heteroatoms. The molecule has 0 saturated carbocycles. The zero-order valence-corrected chi connectivity index (χ0v) is 20.6. The summed E-state index contributed by atoms with van der Waals surface area (Å²) in [5.74, 6) is 1.20. The Labute approximate surface area is 205 Å². The summed E-state index contributed by atoms with van der Waals surface area (Å²) in [7, 11) is 0. The van der Waals surface area contributed by atoms with Crippen LogP contribution < -0.4 is 9.47 Å². The van der Waals surface area contributed by atoms with Gasteiger partial charge in [0.2, 0.25) is 11.8 Å². The van der Waals surface area contributed by atoms with Gasteiger partial charge in [-0.1, -0.05) is 17.7 Å². The van der Waals surface area contributed by atoms with E-state index >= 15 is 0 Å². The smallest absolute Gasteiger partial charge is 0.410 e. The summed E-state index contributed by atoms with van der Waals surface area (Å²) in [6, 6.07) is 5.01. The first-order chi connectivity index (χ1) is 16.1. The van der Waals surface area contributed by atoms with Crippen LogP contribution in [-0.4, -0.2) is 44.7 Å². The zero-order chi connectivity index (χ0) is 24.5. The van der Waals surface area contributed by atoms with E-state index in [2.05, 4.69) is 14.8 Å². The molecule has 2 aliphatic heterocycles. The Balaban J connectivity index is 1.47. The molecule has 180 valence electrons. The zero-order valence-electron chi connectivity index (χ0n) is 19.9. The summed E-state index contributed by atoms with van der Waals surface area (Å²) >= 11 is 6.25. The van der Waals surface area contributed by atoms with Crippen LogP contribution in [0.2, 0.25) is 5.02 Å². The van der Waals surface area contributed by atoms with Crippen molar-refractivity contribution in [1.82, 2.24) is 14.9 Å². The molecule has 2 saturated heterocycles. The van der Waals surface area contributed by atoms with Crippen LogP contribution in [0.1, 0.15) is 58.4 Å². The highest BCUT2D eigenvalue weighted by atomic mass is 35.5. The highest BCUT2D eigenvalue weighted by Crippen LogP contribution is 2.38. The number of ether oxygens (including phenoxy) is 3. The van der Waals surface area contributed by atoms with Gasteiger partial charge in [-0.05, 0) is 59.1 Å². The molecular weight excluding hydrogens is 456 g/mol. The van der Waals surface area contributed by atoms with Crippen LogP contribution in [0.15, 0.2) is 24.5 Å². The molecule has 2 fully saturated rings. The van der Waals surface area contributed by atoms with E-state index in [1.165, 1.54) is 6.33 Å².